The van der Waals surface area contributed by atoms with E-state index >= 15 is 0 Å². The van der Waals surface area contributed by atoms with E-state index in [-0.39, 0.29) is 0 Å². The maximum absolute atomic E-state index is 2.44. The second kappa shape index (κ2) is 5.75. The number of hydrogen-bond donors (Lipinski definition) is 0. The molecule has 3 heterocycles. The lowest BCUT2D eigenvalue weighted by atomic mass is 10.2. The molecule has 0 amide bonds. The quantitative estimate of drug-likeness (QED) is 0.456. The topological polar surface area (TPSA) is 0 Å². The average molecular weight is 363 g/mol. The smallest absolute Gasteiger partial charge is 0.0907 e. The van der Waals surface area contributed by atoms with Gasteiger partial charge in [0.15, 0.2) is 0 Å². The Morgan fingerprint density at radius 2 is 1.41 bits per heavy atom. The first-order chi connectivity index (χ1) is 10.3. The summed E-state index contributed by atoms with van der Waals surface area (Å²) in [5.74, 6) is 0. The van der Waals surface area contributed by atoms with Gasteiger partial charge in [-0.3, -0.25) is 0 Å². The Bertz CT molecular complexity index is 812. The van der Waals surface area contributed by atoms with Crippen molar-refractivity contribution in [2.45, 2.75) is 40.4 Å². The molecule has 0 spiro atoms. The summed E-state index contributed by atoms with van der Waals surface area (Å²) in [6, 6.07) is 6.98. The van der Waals surface area contributed by atoms with Crippen molar-refractivity contribution < 1.29 is 0 Å². The minimum Gasteiger partial charge on any atom is -0.144 e. The summed E-state index contributed by atoms with van der Waals surface area (Å²) < 4.78 is 1.64. The fourth-order valence-electron chi connectivity index (χ4n) is 2.80. The molecule has 0 nitrogen and oxygen atoms in total. The molecule has 0 radical (unpaired) electrons. The van der Waals surface area contributed by atoms with E-state index in [1.54, 1.807) is 4.50 Å². The Hall–Kier alpha value is -0.683. The van der Waals surface area contributed by atoms with Crippen LogP contribution < -0.4 is 4.50 Å². The van der Waals surface area contributed by atoms with Gasteiger partial charge >= 0.3 is 0 Å². The maximum atomic E-state index is 2.44. The van der Waals surface area contributed by atoms with Crippen LogP contribution in [0.5, 0.6) is 0 Å². The van der Waals surface area contributed by atoms with Crippen molar-refractivity contribution >= 4 is 46.6 Å². The highest BCUT2D eigenvalue weighted by molar-refractivity contribution is 7.32. The molecule has 0 aliphatic rings. The first-order valence-corrected chi connectivity index (χ1v) is 13.5. The third-order valence-electron chi connectivity index (χ3n) is 3.83. The highest BCUT2D eigenvalue weighted by atomic mass is 32.1. The van der Waals surface area contributed by atoms with Crippen LogP contribution in [0, 0.1) is 20.8 Å². The molecular formula is C18H22S3Si. The maximum Gasteiger partial charge on any atom is 0.0907 e. The molecule has 0 aromatic carbocycles. The van der Waals surface area contributed by atoms with E-state index in [2.05, 4.69) is 64.0 Å². The molecule has 3 rings (SSSR count). The van der Waals surface area contributed by atoms with E-state index in [1.165, 1.54) is 36.2 Å². The van der Waals surface area contributed by atoms with Gasteiger partial charge in [-0.05, 0) is 65.5 Å². The van der Waals surface area contributed by atoms with E-state index in [0.717, 1.165) is 0 Å². The van der Waals surface area contributed by atoms with Gasteiger partial charge in [0.2, 0.25) is 0 Å². The van der Waals surface area contributed by atoms with E-state index in [1.807, 2.05) is 34.0 Å². The monoisotopic (exact) mass is 362 g/mol. The molecule has 0 atom stereocenters. The summed E-state index contributed by atoms with van der Waals surface area (Å²) in [5, 5.41) is 2.19. The van der Waals surface area contributed by atoms with Crippen LogP contribution in [0.1, 0.15) is 16.7 Å². The average Bonchev–Trinajstić information content (AvgIpc) is 3.07. The van der Waals surface area contributed by atoms with Crippen molar-refractivity contribution in [1.82, 2.24) is 0 Å². The summed E-state index contributed by atoms with van der Waals surface area (Å²) in [6.45, 7) is 14.1. The van der Waals surface area contributed by atoms with Gasteiger partial charge in [-0.15, -0.1) is 34.0 Å². The number of hydrogen-bond acceptors (Lipinski definition) is 3. The highest BCUT2D eigenvalue weighted by Crippen LogP contribution is 2.42. The summed E-state index contributed by atoms with van der Waals surface area (Å²) in [7, 11) is -1.24. The zero-order valence-corrected chi connectivity index (χ0v) is 17.5. The third-order valence-corrected chi connectivity index (χ3v) is 11.4. The van der Waals surface area contributed by atoms with Crippen molar-refractivity contribution in [1.29, 1.82) is 0 Å². The van der Waals surface area contributed by atoms with Crippen LogP contribution in [0.15, 0.2) is 23.6 Å². The summed E-state index contributed by atoms with van der Waals surface area (Å²) in [5.41, 5.74) is 4.29. The van der Waals surface area contributed by atoms with Crippen molar-refractivity contribution in [3.8, 4) is 19.5 Å². The Balaban J connectivity index is 2.07. The minimum absolute atomic E-state index is 1.24. The van der Waals surface area contributed by atoms with Gasteiger partial charge in [-0.25, -0.2) is 0 Å². The number of rotatable bonds is 3. The van der Waals surface area contributed by atoms with Gasteiger partial charge in [0.25, 0.3) is 0 Å². The normalized spacial score (nSPS) is 12.1. The molecule has 4 heteroatoms. The fourth-order valence-corrected chi connectivity index (χ4v) is 8.99. The van der Waals surface area contributed by atoms with Gasteiger partial charge in [-0.2, -0.15) is 0 Å². The molecule has 3 aromatic heterocycles. The van der Waals surface area contributed by atoms with Crippen LogP contribution in [-0.2, 0) is 0 Å². The lowest BCUT2D eigenvalue weighted by Gasteiger charge is -2.14. The predicted molar refractivity (Wildman–Crippen MR) is 108 cm³/mol. The summed E-state index contributed by atoms with van der Waals surface area (Å²) in [6.07, 6.45) is 0. The Morgan fingerprint density at radius 1 is 0.773 bits per heavy atom. The Morgan fingerprint density at radius 3 is 1.95 bits per heavy atom. The highest BCUT2D eigenvalue weighted by Gasteiger charge is 2.23. The second-order valence-electron chi connectivity index (χ2n) is 6.93. The van der Waals surface area contributed by atoms with E-state index in [4.69, 9.17) is 0 Å². The molecule has 22 heavy (non-hydrogen) atoms. The van der Waals surface area contributed by atoms with Crippen molar-refractivity contribution in [2.24, 2.45) is 0 Å². The molecule has 0 fully saturated rings. The number of thiophene rings is 3. The van der Waals surface area contributed by atoms with Crippen molar-refractivity contribution in [2.75, 3.05) is 0 Å². The van der Waals surface area contributed by atoms with E-state index < -0.39 is 8.07 Å². The van der Waals surface area contributed by atoms with Gasteiger partial charge in [0.05, 0.1) is 8.07 Å². The first kappa shape index (κ1) is 16.2. The lowest BCUT2D eigenvalue weighted by molar-refractivity contribution is 1.53. The van der Waals surface area contributed by atoms with Crippen molar-refractivity contribution in [3.05, 3.63) is 40.3 Å². The number of aryl methyl sites for hydroxylation is 3. The second-order valence-corrected chi connectivity index (χ2v) is 15.3. The molecule has 0 bridgehead atoms. The largest absolute Gasteiger partial charge is 0.144 e. The molecular weight excluding hydrogens is 340 g/mol. The SMILES string of the molecule is Cc1ccsc1-c1cc(C)c(-c2cc(C)c([Si](C)(C)C)s2)s1. The van der Waals surface area contributed by atoms with Crippen LogP contribution in [0.4, 0.5) is 0 Å². The third kappa shape index (κ3) is 2.89. The molecule has 3 aromatic rings. The predicted octanol–water partition coefficient (Wildman–Crippen LogP) is 6.68. The lowest BCUT2D eigenvalue weighted by Crippen LogP contribution is -2.36. The van der Waals surface area contributed by atoms with Gasteiger partial charge in [-0.1, -0.05) is 19.6 Å². The standard InChI is InChI=1S/C18H22S3Si/c1-11-7-8-19-16(11)14-9-12(2)17(20-14)15-10-13(3)18(21-15)22(4,5)6/h7-10H,1-6H3. The first-order valence-electron chi connectivity index (χ1n) is 7.53. The van der Waals surface area contributed by atoms with Crippen LogP contribution in [-0.4, -0.2) is 8.07 Å². The van der Waals surface area contributed by atoms with Gasteiger partial charge in [0, 0.05) is 19.5 Å². The molecule has 0 saturated heterocycles. The molecule has 0 saturated carbocycles. The zero-order valence-electron chi connectivity index (χ0n) is 14.0. The summed E-state index contributed by atoms with van der Waals surface area (Å²) >= 11 is 5.83. The van der Waals surface area contributed by atoms with Crippen LogP contribution in [0.25, 0.3) is 19.5 Å². The van der Waals surface area contributed by atoms with Gasteiger partial charge < -0.3 is 0 Å². The van der Waals surface area contributed by atoms with Gasteiger partial charge in [0.1, 0.15) is 0 Å². The van der Waals surface area contributed by atoms with E-state index in [9.17, 15) is 0 Å². The van der Waals surface area contributed by atoms with Crippen LogP contribution >= 0.6 is 34.0 Å². The molecule has 116 valence electrons. The van der Waals surface area contributed by atoms with E-state index in [0.29, 0.717) is 0 Å². The molecule has 0 aliphatic heterocycles. The summed E-state index contributed by atoms with van der Waals surface area (Å²) in [4.78, 5) is 5.76. The minimum atomic E-state index is -1.24. The zero-order chi connectivity index (χ0) is 16.1. The van der Waals surface area contributed by atoms with Crippen molar-refractivity contribution in [3.63, 3.8) is 0 Å². The van der Waals surface area contributed by atoms with Crippen LogP contribution in [0.3, 0.4) is 0 Å². The Labute approximate surface area is 146 Å². The fraction of sp³-hybridized carbons (Fsp3) is 0.333. The molecule has 0 unspecified atom stereocenters. The molecule has 0 N–H and O–H groups in total. The Kier molecular flexibility index (Phi) is 4.23. The van der Waals surface area contributed by atoms with Crippen LogP contribution in [0.2, 0.25) is 19.6 Å². The molecule has 0 aliphatic carbocycles.